The van der Waals surface area contributed by atoms with Gasteiger partial charge in [-0.05, 0) is 67.8 Å². The average Bonchev–Trinajstić information content (AvgIpc) is 3.49. The van der Waals surface area contributed by atoms with E-state index in [1.54, 1.807) is 42.5 Å². The second-order valence-corrected chi connectivity index (χ2v) is 8.20. The number of sulfonamides is 1. The molecule has 0 saturated heterocycles. The van der Waals surface area contributed by atoms with Gasteiger partial charge in [0, 0.05) is 12.1 Å². The minimum atomic E-state index is -3.50. The van der Waals surface area contributed by atoms with E-state index in [9.17, 15) is 13.2 Å². The molecule has 1 amide bonds. The third-order valence-corrected chi connectivity index (χ3v) is 5.64. The van der Waals surface area contributed by atoms with Crippen molar-refractivity contribution in [2.45, 2.75) is 24.3 Å². The van der Waals surface area contributed by atoms with Crippen LogP contribution in [-0.4, -0.2) is 28.0 Å². The van der Waals surface area contributed by atoms with E-state index in [0.29, 0.717) is 17.0 Å². The normalized spacial score (nSPS) is 14.0. The van der Waals surface area contributed by atoms with Crippen molar-refractivity contribution in [2.24, 2.45) is 5.92 Å². The zero-order valence-corrected chi connectivity index (χ0v) is 15.4. The highest BCUT2D eigenvalue weighted by atomic mass is 32.2. The molecule has 0 radical (unpaired) electrons. The molecule has 3 rings (SSSR count). The van der Waals surface area contributed by atoms with Crippen molar-refractivity contribution in [3.8, 4) is 5.75 Å². The second-order valence-electron chi connectivity index (χ2n) is 6.32. The number of benzene rings is 2. The molecular weight excluding hydrogens is 352 g/mol. The van der Waals surface area contributed by atoms with Crippen LogP contribution in [0.4, 0.5) is 0 Å². The van der Waals surface area contributed by atoms with Gasteiger partial charge in [0.25, 0.3) is 5.91 Å². The number of carbonyl (C=O) groups is 1. The largest absolute Gasteiger partial charge is 0.493 e. The molecule has 0 bridgehead atoms. The standard InChI is InChI=1S/C19H22N2O4S/c1-20-26(23,24)18-4-2-3-15(11-18)12-21-19(22)16-7-9-17(10-8-16)25-13-14-5-6-14/h2-4,7-11,14,20H,5-6,12-13H2,1H3,(H,21,22). The minimum Gasteiger partial charge on any atom is -0.493 e. The smallest absolute Gasteiger partial charge is 0.251 e. The highest BCUT2D eigenvalue weighted by Gasteiger charge is 2.21. The third kappa shape index (κ3) is 4.83. The van der Waals surface area contributed by atoms with E-state index in [0.717, 1.165) is 12.4 Å². The fraction of sp³-hybridized carbons (Fsp3) is 0.316. The fourth-order valence-electron chi connectivity index (χ4n) is 2.43. The topological polar surface area (TPSA) is 84.5 Å². The lowest BCUT2D eigenvalue weighted by molar-refractivity contribution is 0.0951. The van der Waals surface area contributed by atoms with Crippen molar-refractivity contribution in [3.05, 3.63) is 59.7 Å². The first kappa shape index (κ1) is 18.4. The number of hydrogen-bond acceptors (Lipinski definition) is 4. The summed E-state index contributed by atoms with van der Waals surface area (Å²) < 4.78 is 31.6. The van der Waals surface area contributed by atoms with Crippen molar-refractivity contribution in [1.29, 1.82) is 0 Å². The number of carbonyl (C=O) groups excluding carboxylic acids is 1. The van der Waals surface area contributed by atoms with E-state index < -0.39 is 10.0 Å². The lowest BCUT2D eigenvalue weighted by atomic mass is 10.2. The van der Waals surface area contributed by atoms with Crippen molar-refractivity contribution in [1.82, 2.24) is 10.0 Å². The Balaban J connectivity index is 1.57. The van der Waals surface area contributed by atoms with Gasteiger partial charge in [-0.1, -0.05) is 12.1 Å². The summed E-state index contributed by atoms with van der Waals surface area (Å²) in [5, 5.41) is 2.80. The molecule has 2 N–H and O–H groups in total. The summed E-state index contributed by atoms with van der Waals surface area (Å²) in [4.78, 5) is 12.4. The molecule has 26 heavy (non-hydrogen) atoms. The van der Waals surface area contributed by atoms with Crippen LogP contribution in [0.2, 0.25) is 0 Å². The predicted molar refractivity (Wildman–Crippen MR) is 98.5 cm³/mol. The van der Waals surface area contributed by atoms with Gasteiger partial charge in [-0.25, -0.2) is 13.1 Å². The van der Waals surface area contributed by atoms with E-state index in [4.69, 9.17) is 4.74 Å². The zero-order chi connectivity index (χ0) is 18.6. The molecule has 1 aliphatic rings. The highest BCUT2D eigenvalue weighted by molar-refractivity contribution is 7.89. The maximum atomic E-state index is 12.3. The van der Waals surface area contributed by atoms with Crippen LogP contribution in [0.5, 0.6) is 5.75 Å². The van der Waals surface area contributed by atoms with Crippen molar-refractivity contribution in [2.75, 3.05) is 13.7 Å². The van der Waals surface area contributed by atoms with Gasteiger partial charge in [0.15, 0.2) is 0 Å². The molecular formula is C19H22N2O4S. The van der Waals surface area contributed by atoms with Crippen LogP contribution in [0.15, 0.2) is 53.4 Å². The van der Waals surface area contributed by atoms with Gasteiger partial charge in [0.05, 0.1) is 11.5 Å². The van der Waals surface area contributed by atoms with Gasteiger partial charge < -0.3 is 10.1 Å². The molecule has 138 valence electrons. The summed E-state index contributed by atoms with van der Waals surface area (Å²) in [5.74, 6) is 1.22. The molecule has 0 unspecified atom stereocenters. The third-order valence-electron chi connectivity index (χ3n) is 4.23. The molecule has 2 aromatic rings. The van der Waals surface area contributed by atoms with Gasteiger partial charge in [-0.15, -0.1) is 0 Å². The minimum absolute atomic E-state index is 0.170. The molecule has 2 aromatic carbocycles. The Morgan fingerprint density at radius 2 is 1.88 bits per heavy atom. The van der Waals surface area contributed by atoms with Crippen LogP contribution in [0, 0.1) is 5.92 Å². The first-order valence-electron chi connectivity index (χ1n) is 8.51. The Bertz CT molecular complexity index is 875. The van der Waals surface area contributed by atoms with Crippen molar-refractivity contribution < 1.29 is 17.9 Å². The van der Waals surface area contributed by atoms with Crippen LogP contribution >= 0.6 is 0 Å². The molecule has 0 atom stereocenters. The summed E-state index contributed by atoms with van der Waals surface area (Å²) in [6.45, 7) is 0.975. The number of nitrogens with one attached hydrogen (secondary N) is 2. The van der Waals surface area contributed by atoms with Crippen LogP contribution in [0.3, 0.4) is 0 Å². The van der Waals surface area contributed by atoms with E-state index in [2.05, 4.69) is 10.0 Å². The Morgan fingerprint density at radius 1 is 1.15 bits per heavy atom. The second kappa shape index (κ2) is 7.88. The Labute approximate surface area is 153 Å². The van der Waals surface area contributed by atoms with Gasteiger partial charge >= 0.3 is 0 Å². The zero-order valence-electron chi connectivity index (χ0n) is 14.6. The van der Waals surface area contributed by atoms with Gasteiger partial charge in [-0.2, -0.15) is 0 Å². The van der Waals surface area contributed by atoms with Crippen molar-refractivity contribution in [3.63, 3.8) is 0 Å². The maximum Gasteiger partial charge on any atom is 0.251 e. The van der Waals surface area contributed by atoms with Crippen LogP contribution in [0.1, 0.15) is 28.8 Å². The molecule has 0 heterocycles. The Kier molecular flexibility index (Phi) is 5.58. The Morgan fingerprint density at radius 3 is 2.54 bits per heavy atom. The number of hydrogen-bond donors (Lipinski definition) is 2. The predicted octanol–water partition coefficient (Wildman–Crippen LogP) is 2.31. The summed E-state index contributed by atoms with van der Waals surface area (Å²) in [5.41, 5.74) is 1.24. The summed E-state index contributed by atoms with van der Waals surface area (Å²) in [6.07, 6.45) is 2.47. The van der Waals surface area contributed by atoms with Crippen LogP contribution < -0.4 is 14.8 Å². The summed E-state index contributed by atoms with van der Waals surface area (Å²) >= 11 is 0. The van der Waals surface area contributed by atoms with Crippen LogP contribution in [-0.2, 0) is 16.6 Å². The highest BCUT2D eigenvalue weighted by Crippen LogP contribution is 2.29. The quantitative estimate of drug-likeness (QED) is 0.743. The SMILES string of the molecule is CNS(=O)(=O)c1cccc(CNC(=O)c2ccc(OCC3CC3)cc2)c1. The first-order chi connectivity index (χ1) is 12.5. The molecule has 7 heteroatoms. The molecule has 1 saturated carbocycles. The molecule has 1 fully saturated rings. The van der Waals surface area contributed by atoms with Crippen molar-refractivity contribution >= 4 is 15.9 Å². The van der Waals surface area contributed by atoms with Gasteiger partial charge in [0.2, 0.25) is 10.0 Å². The molecule has 6 nitrogen and oxygen atoms in total. The lowest BCUT2D eigenvalue weighted by Crippen LogP contribution is -2.23. The average molecular weight is 374 g/mol. The fourth-order valence-corrected chi connectivity index (χ4v) is 3.23. The van der Waals surface area contributed by atoms with E-state index in [-0.39, 0.29) is 17.3 Å². The number of amides is 1. The molecule has 0 spiro atoms. The van der Waals surface area contributed by atoms with Gasteiger partial charge in [-0.3, -0.25) is 4.79 Å². The lowest BCUT2D eigenvalue weighted by Gasteiger charge is -2.09. The number of rotatable bonds is 8. The maximum absolute atomic E-state index is 12.3. The van der Waals surface area contributed by atoms with Crippen LogP contribution in [0.25, 0.3) is 0 Å². The van der Waals surface area contributed by atoms with E-state index in [1.807, 2.05) is 0 Å². The Hall–Kier alpha value is -2.38. The van der Waals surface area contributed by atoms with Gasteiger partial charge in [0.1, 0.15) is 5.75 Å². The summed E-state index contributed by atoms with van der Waals surface area (Å²) in [7, 11) is -2.14. The first-order valence-corrected chi connectivity index (χ1v) is 10.00. The van der Waals surface area contributed by atoms with E-state index >= 15 is 0 Å². The molecule has 0 aliphatic heterocycles. The molecule has 1 aliphatic carbocycles. The summed E-state index contributed by atoms with van der Waals surface area (Å²) in [6, 6.07) is 13.5. The van der Waals surface area contributed by atoms with E-state index in [1.165, 1.54) is 26.0 Å². The monoisotopic (exact) mass is 374 g/mol. The molecule has 0 aromatic heterocycles. The number of ether oxygens (including phenoxy) is 1.